The Morgan fingerprint density at radius 2 is 1.63 bits per heavy atom. The molecule has 2 saturated heterocycles. The molecule has 4 aromatic rings. The van der Waals surface area contributed by atoms with Gasteiger partial charge in [-0.1, -0.05) is 24.3 Å². The highest BCUT2D eigenvalue weighted by atomic mass is 15.3. The van der Waals surface area contributed by atoms with Gasteiger partial charge in [0.05, 0.1) is 18.1 Å². The number of hydrogen-bond acceptors (Lipinski definition) is 8. The van der Waals surface area contributed by atoms with Gasteiger partial charge in [-0.25, -0.2) is 19.5 Å². The first kappa shape index (κ1) is 24.9. The Hall–Kier alpha value is -3.43. The molecule has 9 heteroatoms. The lowest BCUT2D eigenvalue weighted by atomic mass is 9.96. The molecule has 0 bridgehead atoms. The van der Waals surface area contributed by atoms with E-state index in [1.165, 1.54) is 11.1 Å². The first-order chi connectivity index (χ1) is 18.4. The van der Waals surface area contributed by atoms with E-state index in [1.54, 1.807) is 0 Å². The van der Waals surface area contributed by atoms with Crippen molar-refractivity contribution in [1.29, 1.82) is 0 Å². The average Bonchev–Trinajstić information content (AvgIpc) is 3.55. The zero-order valence-electron chi connectivity index (χ0n) is 22.9. The minimum Gasteiger partial charge on any atom is -0.369 e. The van der Waals surface area contributed by atoms with E-state index >= 15 is 0 Å². The summed E-state index contributed by atoms with van der Waals surface area (Å²) in [4.78, 5) is 25.9. The van der Waals surface area contributed by atoms with Crippen molar-refractivity contribution in [1.82, 2.24) is 39.3 Å². The van der Waals surface area contributed by atoms with Crippen LogP contribution in [0.25, 0.3) is 17.2 Å². The highest BCUT2D eigenvalue weighted by molar-refractivity contribution is 5.57. The van der Waals surface area contributed by atoms with Gasteiger partial charge in [-0.05, 0) is 57.7 Å². The molecule has 0 amide bonds. The van der Waals surface area contributed by atoms with Crippen LogP contribution in [-0.4, -0.2) is 85.7 Å². The summed E-state index contributed by atoms with van der Waals surface area (Å²) in [5, 5.41) is 4.53. The zero-order valence-corrected chi connectivity index (χ0v) is 22.9. The third-order valence-corrected chi connectivity index (χ3v) is 8.15. The van der Waals surface area contributed by atoms with Crippen LogP contribution in [0, 0.1) is 26.7 Å². The molecule has 5 heterocycles. The van der Waals surface area contributed by atoms with Gasteiger partial charge < -0.3 is 9.80 Å². The van der Waals surface area contributed by atoms with Crippen molar-refractivity contribution >= 4 is 11.5 Å². The minimum absolute atomic E-state index is 0.559. The molecule has 2 fully saturated rings. The van der Waals surface area contributed by atoms with Crippen LogP contribution in [0.5, 0.6) is 0 Å². The maximum atomic E-state index is 4.72. The van der Waals surface area contributed by atoms with Gasteiger partial charge in [0.1, 0.15) is 5.82 Å². The highest BCUT2D eigenvalue weighted by Gasteiger charge is 2.26. The Kier molecular flexibility index (Phi) is 6.80. The molecule has 0 radical (unpaired) electrons. The number of rotatable bonds is 6. The van der Waals surface area contributed by atoms with Crippen LogP contribution in [0.15, 0.2) is 36.7 Å². The van der Waals surface area contributed by atoms with Gasteiger partial charge in [-0.3, -0.25) is 4.90 Å². The number of benzene rings is 1. The van der Waals surface area contributed by atoms with Crippen molar-refractivity contribution in [3.05, 3.63) is 65.0 Å². The third kappa shape index (κ3) is 5.13. The average molecular weight is 512 g/mol. The molecule has 9 nitrogen and oxygen atoms in total. The summed E-state index contributed by atoms with van der Waals surface area (Å²) in [6, 6.07) is 8.73. The second-order valence-corrected chi connectivity index (χ2v) is 11.0. The van der Waals surface area contributed by atoms with Crippen molar-refractivity contribution in [2.24, 2.45) is 5.92 Å². The molecule has 1 atom stereocenters. The van der Waals surface area contributed by atoms with E-state index in [-0.39, 0.29) is 0 Å². The summed E-state index contributed by atoms with van der Waals surface area (Å²) in [6.45, 7) is 13.7. The normalized spacial score (nSPS) is 19.1. The lowest BCUT2D eigenvalue weighted by Crippen LogP contribution is -2.43. The van der Waals surface area contributed by atoms with Crippen LogP contribution in [0.4, 0.5) is 5.69 Å². The first-order valence-electron chi connectivity index (χ1n) is 13.7. The second-order valence-electron chi connectivity index (χ2n) is 11.0. The Labute approximate surface area is 224 Å². The second kappa shape index (κ2) is 10.4. The van der Waals surface area contributed by atoms with E-state index in [0.717, 1.165) is 92.9 Å². The number of nitrogens with zero attached hydrogens (tertiary/aromatic N) is 9. The molecule has 3 aromatic heterocycles. The highest BCUT2D eigenvalue weighted by Crippen LogP contribution is 2.28. The smallest absolute Gasteiger partial charge is 0.252 e. The van der Waals surface area contributed by atoms with Gasteiger partial charge in [0.15, 0.2) is 5.82 Å². The fourth-order valence-electron chi connectivity index (χ4n) is 5.78. The molecule has 0 spiro atoms. The summed E-state index contributed by atoms with van der Waals surface area (Å²) in [5.74, 6) is 2.79. The summed E-state index contributed by atoms with van der Waals surface area (Å²) in [7, 11) is 2.20. The quantitative estimate of drug-likeness (QED) is 0.390. The van der Waals surface area contributed by atoms with Gasteiger partial charge in [-0.2, -0.15) is 10.1 Å². The topological polar surface area (TPSA) is 78.6 Å². The Bertz CT molecular complexity index is 1400. The fraction of sp³-hybridized carbons (Fsp3) is 0.483. The van der Waals surface area contributed by atoms with E-state index in [2.05, 4.69) is 69.9 Å². The van der Waals surface area contributed by atoms with E-state index < -0.39 is 0 Å². The Morgan fingerprint density at radius 1 is 0.895 bits per heavy atom. The molecule has 0 N–H and O–H groups in total. The number of aromatic nitrogens is 6. The van der Waals surface area contributed by atoms with Crippen molar-refractivity contribution in [2.75, 3.05) is 51.2 Å². The molecule has 0 aliphatic carbocycles. The minimum atomic E-state index is 0.559. The van der Waals surface area contributed by atoms with Crippen molar-refractivity contribution in [3.8, 4) is 11.4 Å². The monoisotopic (exact) mass is 511 g/mol. The molecule has 1 unspecified atom stereocenters. The zero-order chi connectivity index (χ0) is 26.2. The summed E-state index contributed by atoms with van der Waals surface area (Å²) >= 11 is 0. The molecule has 38 heavy (non-hydrogen) atoms. The standard InChI is InChI=1S/C29H37N9/c1-20-27(21(2)38-29(32-20)33-22(3)34-38)15-24-9-10-37(19-24)26-16-30-28(31-17-26)25-7-5-23(6-8-25)18-36-13-11-35(4)12-14-36/h5-8,16-17,24H,9-15,18-19H2,1-4H3. The maximum absolute atomic E-state index is 4.72. The van der Waals surface area contributed by atoms with Crippen LogP contribution < -0.4 is 4.90 Å². The number of hydrogen-bond donors (Lipinski definition) is 0. The van der Waals surface area contributed by atoms with Gasteiger partial charge in [0, 0.05) is 62.8 Å². The molecule has 2 aliphatic heterocycles. The predicted molar refractivity (Wildman–Crippen MR) is 149 cm³/mol. The number of fused-ring (bicyclic) bond motifs is 1. The first-order valence-corrected chi connectivity index (χ1v) is 13.7. The molecule has 198 valence electrons. The Balaban J connectivity index is 1.08. The van der Waals surface area contributed by atoms with Crippen molar-refractivity contribution in [3.63, 3.8) is 0 Å². The lowest BCUT2D eigenvalue weighted by molar-refractivity contribution is 0.148. The van der Waals surface area contributed by atoms with Crippen molar-refractivity contribution in [2.45, 2.75) is 40.2 Å². The van der Waals surface area contributed by atoms with E-state index in [9.17, 15) is 0 Å². The summed E-state index contributed by atoms with van der Waals surface area (Å²) in [5.41, 5.74) is 7.00. The number of likely N-dealkylation sites (N-methyl/N-ethyl adjacent to an activating group) is 1. The third-order valence-electron chi connectivity index (χ3n) is 8.15. The van der Waals surface area contributed by atoms with Gasteiger partial charge in [0.25, 0.3) is 5.78 Å². The summed E-state index contributed by atoms with van der Waals surface area (Å²) < 4.78 is 1.88. The van der Waals surface area contributed by atoms with E-state index in [0.29, 0.717) is 11.7 Å². The van der Waals surface area contributed by atoms with Crippen LogP contribution in [0.2, 0.25) is 0 Å². The van der Waals surface area contributed by atoms with Gasteiger partial charge in [0.2, 0.25) is 0 Å². The SMILES string of the molecule is Cc1nc2nc(C)c(CC3CCN(c4cnc(-c5ccc(CN6CCN(C)CC6)cc5)nc4)C3)c(C)n2n1. The molecule has 0 saturated carbocycles. The molecular formula is C29H37N9. The number of anilines is 1. The Morgan fingerprint density at radius 3 is 2.37 bits per heavy atom. The van der Waals surface area contributed by atoms with E-state index in [1.807, 2.05) is 23.8 Å². The van der Waals surface area contributed by atoms with Gasteiger partial charge >= 0.3 is 0 Å². The van der Waals surface area contributed by atoms with Crippen molar-refractivity contribution < 1.29 is 0 Å². The molecule has 2 aliphatic rings. The fourth-order valence-corrected chi connectivity index (χ4v) is 5.78. The largest absolute Gasteiger partial charge is 0.369 e. The summed E-state index contributed by atoms with van der Waals surface area (Å²) in [6.07, 6.45) is 6.09. The number of piperazine rings is 1. The predicted octanol–water partition coefficient (Wildman–Crippen LogP) is 3.32. The van der Waals surface area contributed by atoms with Crippen LogP contribution >= 0.6 is 0 Å². The molecule has 6 rings (SSSR count). The molecular weight excluding hydrogens is 474 g/mol. The molecule has 1 aromatic carbocycles. The van der Waals surface area contributed by atoms with Gasteiger partial charge in [-0.15, -0.1) is 0 Å². The lowest BCUT2D eigenvalue weighted by Gasteiger charge is -2.32. The van der Waals surface area contributed by atoms with E-state index in [4.69, 9.17) is 15.0 Å². The maximum Gasteiger partial charge on any atom is 0.252 e. The van der Waals surface area contributed by atoms with Crippen LogP contribution in [0.1, 0.15) is 34.8 Å². The number of aryl methyl sites for hydroxylation is 3. The van der Waals surface area contributed by atoms with Crippen LogP contribution in [0.3, 0.4) is 0 Å². The van der Waals surface area contributed by atoms with Crippen LogP contribution in [-0.2, 0) is 13.0 Å².